The molecule has 30 heavy (non-hydrogen) atoms. The quantitative estimate of drug-likeness (QED) is 0.648. The maximum atomic E-state index is 12.6. The molecule has 1 fully saturated rings. The Bertz CT molecular complexity index is 1030. The van der Waals surface area contributed by atoms with Crippen LogP contribution in [-0.4, -0.2) is 39.2 Å². The summed E-state index contributed by atoms with van der Waals surface area (Å²) >= 11 is 1.57. The normalized spacial score (nSPS) is 15.1. The molecule has 4 rings (SSSR count). The fraction of sp³-hybridized carbons (Fsp3) is 0.435. The Labute approximate surface area is 180 Å². The number of hydrogen-bond donors (Lipinski definition) is 1. The molecular formula is C23H28N4O2S. The predicted molar refractivity (Wildman–Crippen MR) is 119 cm³/mol. The van der Waals surface area contributed by atoms with Crippen LogP contribution in [0, 0.1) is 5.92 Å². The molecule has 3 aromatic rings. The summed E-state index contributed by atoms with van der Waals surface area (Å²) < 4.78 is 1.94. The smallest absolute Gasteiger partial charge is 0.261 e. The van der Waals surface area contributed by atoms with Gasteiger partial charge < -0.3 is 14.6 Å². The lowest BCUT2D eigenvalue weighted by molar-refractivity contribution is -0.133. The SMILES string of the molecule is CC(C)CC(=O)N1CCC(c2ccc(C(=O)NCc3ccn4ccnc4c3)s2)CC1. The lowest BCUT2D eigenvalue weighted by atomic mass is 9.94. The molecule has 0 atom stereocenters. The standard InChI is InChI=1S/C23H28N4O2S/c1-16(2)13-22(28)27-10-6-18(7-11-27)19-3-4-20(30-19)23(29)25-15-17-5-9-26-12-8-24-21(26)14-17/h3-5,8-9,12,14,16,18H,6-7,10-11,13,15H2,1-2H3,(H,25,29). The summed E-state index contributed by atoms with van der Waals surface area (Å²) in [6.45, 7) is 6.26. The molecule has 3 aromatic heterocycles. The first-order valence-corrected chi connectivity index (χ1v) is 11.4. The highest BCUT2D eigenvalue weighted by molar-refractivity contribution is 7.14. The van der Waals surface area contributed by atoms with Gasteiger partial charge in [0.1, 0.15) is 5.65 Å². The van der Waals surface area contributed by atoms with Gasteiger partial charge in [-0.1, -0.05) is 13.8 Å². The first kappa shape index (κ1) is 20.6. The minimum atomic E-state index is -0.0426. The van der Waals surface area contributed by atoms with Crippen LogP contribution >= 0.6 is 11.3 Å². The molecule has 0 radical (unpaired) electrons. The molecule has 7 heteroatoms. The topological polar surface area (TPSA) is 66.7 Å². The molecule has 0 aromatic carbocycles. The maximum Gasteiger partial charge on any atom is 0.261 e. The van der Waals surface area contributed by atoms with Crippen LogP contribution in [0.2, 0.25) is 0 Å². The highest BCUT2D eigenvalue weighted by Crippen LogP contribution is 2.33. The average Bonchev–Trinajstić information content (AvgIpc) is 3.41. The summed E-state index contributed by atoms with van der Waals surface area (Å²) in [4.78, 5) is 33.1. The van der Waals surface area contributed by atoms with Crippen molar-refractivity contribution in [3.05, 3.63) is 58.2 Å². The van der Waals surface area contributed by atoms with E-state index in [1.54, 1.807) is 17.5 Å². The Hall–Kier alpha value is -2.67. The molecule has 4 heterocycles. The predicted octanol–water partition coefficient (Wildman–Crippen LogP) is 4.08. The number of nitrogens with one attached hydrogen (secondary N) is 1. The summed E-state index contributed by atoms with van der Waals surface area (Å²) in [6, 6.07) is 7.97. The number of carbonyl (C=O) groups excluding carboxylic acids is 2. The second-order valence-electron chi connectivity index (χ2n) is 8.37. The van der Waals surface area contributed by atoms with E-state index in [0.717, 1.165) is 42.0 Å². The van der Waals surface area contributed by atoms with E-state index in [1.807, 2.05) is 39.9 Å². The molecule has 158 valence electrons. The van der Waals surface area contributed by atoms with Gasteiger partial charge in [0.2, 0.25) is 5.91 Å². The van der Waals surface area contributed by atoms with E-state index in [9.17, 15) is 9.59 Å². The Kier molecular flexibility index (Phi) is 6.18. The number of rotatable bonds is 6. The summed E-state index contributed by atoms with van der Waals surface area (Å²) in [5.74, 6) is 1.06. The zero-order valence-corrected chi connectivity index (χ0v) is 18.3. The largest absolute Gasteiger partial charge is 0.347 e. The maximum absolute atomic E-state index is 12.6. The summed E-state index contributed by atoms with van der Waals surface area (Å²) in [5, 5.41) is 3.01. The average molecular weight is 425 g/mol. The van der Waals surface area contributed by atoms with Gasteiger partial charge in [0.15, 0.2) is 0 Å². The van der Waals surface area contributed by atoms with Crippen molar-refractivity contribution in [1.82, 2.24) is 19.6 Å². The summed E-state index contributed by atoms with van der Waals surface area (Å²) in [6.07, 6.45) is 8.17. The van der Waals surface area contributed by atoms with Crippen LogP contribution in [0.1, 0.15) is 59.1 Å². The third kappa shape index (κ3) is 4.73. The fourth-order valence-corrected chi connectivity index (χ4v) is 5.01. The first-order chi connectivity index (χ1) is 14.5. The molecule has 1 saturated heterocycles. The number of nitrogens with zero attached hydrogens (tertiary/aromatic N) is 3. The van der Waals surface area contributed by atoms with Crippen LogP contribution in [0.15, 0.2) is 42.9 Å². The van der Waals surface area contributed by atoms with Crippen molar-refractivity contribution in [2.75, 3.05) is 13.1 Å². The Morgan fingerprint density at radius 3 is 2.77 bits per heavy atom. The molecule has 0 saturated carbocycles. The highest BCUT2D eigenvalue weighted by Gasteiger charge is 2.25. The van der Waals surface area contributed by atoms with Gasteiger partial charge in [-0.25, -0.2) is 4.98 Å². The van der Waals surface area contributed by atoms with Gasteiger partial charge in [-0.05, 0) is 54.5 Å². The van der Waals surface area contributed by atoms with Crippen LogP contribution in [0.3, 0.4) is 0 Å². The van der Waals surface area contributed by atoms with Crippen LogP contribution in [0.5, 0.6) is 0 Å². The highest BCUT2D eigenvalue weighted by atomic mass is 32.1. The Balaban J connectivity index is 1.30. The molecule has 0 bridgehead atoms. The van der Waals surface area contributed by atoms with Gasteiger partial charge >= 0.3 is 0 Å². The van der Waals surface area contributed by atoms with Crippen LogP contribution in [0.4, 0.5) is 0 Å². The van der Waals surface area contributed by atoms with Gasteiger partial charge in [0.25, 0.3) is 5.91 Å². The van der Waals surface area contributed by atoms with Gasteiger partial charge in [0.05, 0.1) is 4.88 Å². The van der Waals surface area contributed by atoms with Crippen molar-refractivity contribution in [1.29, 1.82) is 0 Å². The minimum absolute atomic E-state index is 0.0426. The minimum Gasteiger partial charge on any atom is -0.347 e. The molecule has 0 aliphatic carbocycles. The molecule has 2 amide bonds. The van der Waals surface area contributed by atoms with Crippen molar-refractivity contribution >= 4 is 28.8 Å². The Morgan fingerprint density at radius 1 is 1.20 bits per heavy atom. The lowest BCUT2D eigenvalue weighted by Crippen LogP contribution is -2.38. The number of piperidine rings is 1. The second kappa shape index (κ2) is 9.00. The number of hydrogen-bond acceptors (Lipinski definition) is 4. The van der Waals surface area contributed by atoms with Crippen molar-refractivity contribution in [3.8, 4) is 0 Å². The number of likely N-dealkylation sites (tertiary alicyclic amines) is 1. The number of amides is 2. The van der Waals surface area contributed by atoms with Gasteiger partial charge in [0, 0.05) is 49.5 Å². The zero-order chi connectivity index (χ0) is 21.1. The van der Waals surface area contributed by atoms with E-state index >= 15 is 0 Å². The Morgan fingerprint density at radius 2 is 2.00 bits per heavy atom. The van der Waals surface area contributed by atoms with Crippen molar-refractivity contribution < 1.29 is 9.59 Å². The fourth-order valence-electron chi connectivity index (χ4n) is 3.92. The molecule has 0 spiro atoms. The zero-order valence-electron chi connectivity index (χ0n) is 17.5. The third-order valence-electron chi connectivity index (χ3n) is 5.60. The number of carbonyl (C=O) groups is 2. The van der Waals surface area contributed by atoms with E-state index in [4.69, 9.17) is 0 Å². The van der Waals surface area contributed by atoms with E-state index in [2.05, 4.69) is 30.2 Å². The number of thiophene rings is 1. The van der Waals surface area contributed by atoms with Crippen molar-refractivity contribution in [2.45, 2.75) is 45.6 Å². The van der Waals surface area contributed by atoms with Crippen molar-refractivity contribution in [2.24, 2.45) is 5.92 Å². The molecule has 0 unspecified atom stereocenters. The number of fused-ring (bicyclic) bond motifs is 1. The van der Waals surface area contributed by atoms with Gasteiger partial charge in [-0.15, -0.1) is 11.3 Å². The third-order valence-corrected chi connectivity index (χ3v) is 6.85. The first-order valence-electron chi connectivity index (χ1n) is 10.6. The summed E-state index contributed by atoms with van der Waals surface area (Å²) in [5.41, 5.74) is 1.90. The van der Waals surface area contributed by atoms with E-state index in [0.29, 0.717) is 24.8 Å². The molecule has 6 nitrogen and oxygen atoms in total. The molecule has 1 aliphatic rings. The van der Waals surface area contributed by atoms with Crippen LogP contribution in [-0.2, 0) is 11.3 Å². The van der Waals surface area contributed by atoms with Crippen molar-refractivity contribution in [3.63, 3.8) is 0 Å². The van der Waals surface area contributed by atoms with Gasteiger partial charge in [-0.3, -0.25) is 9.59 Å². The lowest BCUT2D eigenvalue weighted by Gasteiger charge is -2.32. The van der Waals surface area contributed by atoms with Gasteiger partial charge in [-0.2, -0.15) is 0 Å². The van der Waals surface area contributed by atoms with E-state index in [-0.39, 0.29) is 11.8 Å². The summed E-state index contributed by atoms with van der Waals surface area (Å²) in [7, 11) is 0. The number of imidazole rings is 1. The van der Waals surface area contributed by atoms with Crippen LogP contribution in [0.25, 0.3) is 5.65 Å². The second-order valence-corrected chi connectivity index (χ2v) is 9.48. The number of aromatic nitrogens is 2. The van der Waals surface area contributed by atoms with E-state index in [1.165, 1.54) is 4.88 Å². The molecule has 1 aliphatic heterocycles. The number of pyridine rings is 1. The monoisotopic (exact) mass is 424 g/mol. The molecule has 1 N–H and O–H groups in total. The van der Waals surface area contributed by atoms with E-state index < -0.39 is 0 Å². The van der Waals surface area contributed by atoms with Crippen LogP contribution < -0.4 is 5.32 Å². The molecular weight excluding hydrogens is 396 g/mol.